The smallest absolute Gasteiger partial charge is 0.406 e. The standard InChI is InChI=1S/C20H18F3N5O4S/c1-12-11-13(2)25-18(24-12)28-33(30,31)17-9-5-15(6-10-17)27-19(29)26-14-3-7-16(8-4-14)32-20(21,22)23/h3-11H,1-2H3,(H,24,25,28)(H2,26,27,29). The summed E-state index contributed by atoms with van der Waals surface area (Å²) in [5.74, 6) is -0.481. The Labute approximate surface area is 187 Å². The van der Waals surface area contributed by atoms with Crippen LogP contribution in [0.15, 0.2) is 59.5 Å². The molecule has 0 fully saturated rings. The summed E-state index contributed by atoms with van der Waals surface area (Å²) in [5, 5.41) is 4.92. The van der Waals surface area contributed by atoms with E-state index in [-0.39, 0.29) is 22.2 Å². The number of amides is 2. The topological polar surface area (TPSA) is 122 Å². The van der Waals surface area contributed by atoms with Gasteiger partial charge in [-0.1, -0.05) is 0 Å². The van der Waals surface area contributed by atoms with Crippen molar-refractivity contribution < 1.29 is 31.1 Å². The lowest BCUT2D eigenvalue weighted by molar-refractivity contribution is -0.274. The minimum atomic E-state index is -4.81. The van der Waals surface area contributed by atoms with Gasteiger partial charge in [0.1, 0.15) is 5.75 Å². The lowest BCUT2D eigenvalue weighted by atomic mass is 10.3. The third-order valence-electron chi connectivity index (χ3n) is 3.98. The van der Waals surface area contributed by atoms with Gasteiger partial charge in [-0.25, -0.2) is 27.9 Å². The number of alkyl halides is 3. The van der Waals surface area contributed by atoms with Crippen LogP contribution in [0, 0.1) is 13.8 Å². The van der Waals surface area contributed by atoms with Gasteiger partial charge in [0.25, 0.3) is 10.0 Å². The van der Waals surface area contributed by atoms with Crippen molar-refractivity contribution in [3.63, 3.8) is 0 Å². The van der Waals surface area contributed by atoms with Crippen LogP contribution in [0.4, 0.5) is 35.3 Å². The Morgan fingerprint density at radius 1 is 0.879 bits per heavy atom. The molecular weight excluding hydrogens is 463 g/mol. The lowest BCUT2D eigenvalue weighted by Crippen LogP contribution is -2.20. The monoisotopic (exact) mass is 481 g/mol. The van der Waals surface area contributed by atoms with Gasteiger partial charge in [0, 0.05) is 22.8 Å². The molecule has 3 rings (SSSR count). The number of nitrogens with zero attached hydrogens (tertiary/aromatic N) is 2. The predicted octanol–water partition coefficient (Wildman–Crippen LogP) is 4.44. The molecule has 0 radical (unpaired) electrons. The molecule has 0 atom stereocenters. The molecule has 9 nitrogen and oxygen atoms in total. The minimum Gasteiger partial charge on any atom is -0.406 e. The number of urea groups is 1. The Kier molecular flexibility index (Phi) is 6.72. The molecule has 0 aliphatic carbocycles. The normalized spacial score (nSPS) is 11.5. The van der Waals surface area contributed by atoms with E-state index in [0.29, 0.717) is 11.4 Å². The number of hydrogen-bond donors (Lipinski definition) is 3. The summed E-state index contributed by atoms with van der Waals surface area (Å²) in [4.78, 5) is 20.1. The zero-order valence-electron chi connectivity index (χ0n) is 17.3. The highest BCUT2D eigenvalue weighted by molar-refractivity contribution is 7.92. The molecule has 3 aromatic rings. The molecule has 174 valence electrons. The van der Waals surface area contributed by atoms with Crippen molar-refractivity contribution in [2.45, 2.75) is 25.1 Å². The molecule has 1 aromatic heterocycles. The molecule has 2 aromatic carbocycles. The van der Waals surface area contributed by atoms with Gasteiger partial charge in [-0.05, 0) is 68.4 Å². The summed E-state index contributed by atoms with van der Waals surface area (Å²) >= 11 is 0. The van der Waals surface area contributed by atoms with Crippen LogP contribution < -0.4 is 20.1 Å². The van der Waals surface area contributed by atoms with Crippen molar-refractivity contribution in [3.05, 3.63) is 66.0 Å². The SMILES string of the molecule is Cc1cc(C)nc(NS(=O)(=O)c2ccc(NC(=O)Nc3ccc(OC(F)(F)F)cc3)cc2)n1. The van der Waals surface area contributed by atoms with Gasteiger partial charge < -0.3 is 15.4 Å². The van der Waals surface area contributed by atoms with E-state index in [1.807, 2.05) is 0 Å². The molecule has 3 N–H and O–H groups in total. The van der Waals surface area contributed by atoms with Gasteiger partial charge >= 0.3 is 12.4 Å². The Balaban J connectivity index is 1.61. The maximum absolute atomic E-state index is 12.5. The largest absolute Gasteiger partial charge is 0.573 e. The Hall–Kier alpha value is -3.87. The molecule has 33 heavy (non-hydrogen) atoms. The lowest BCUT2D eigenvalue weighted by Gasteiger charge is -2.11. The second kappa shape index (κ2) is 9.32. The number of benzene rings is 2. The second-order valence-corrected chi connectivity index (χ2v) is 8.44. The van der Waals surface area contributed by atoms with E-state index in [1.54, 1.807) is 19.9 Å². The Morgan fingerprint density at radius 2 is 1.36 bits per heavy atom. The predicted molar refractivity (Wildman–Crippen MR) is 115 cm³/mol. The van der Waals surface area contributed by atoms with E-state index in [9.17, 15) is 26.4 Å². The molecule has 0 spiro atoms. The van der Waals surface area contributed by atoms with Crippen molar-refractivity contribution in [3.8, 4) is 5.75 Å². The molecule has 0 aliphatic rings. The molecule has 0 bridgehead atoms. The molecule has 1 heterocycles. The number of nitrogens with one attached hydrogen (secondary N) is 3. The maximum Gasteiger partial charge on any atom is 0.573 e. The number of ether oxygens (including phenoxy) is 1. The molecule has 0 saturated heterocycles. The van der Waals surface area contributed by atoms with Gasteiger partial charge in [-0.3, -0.25) is 0 Å². The van der Waals surface area contributed by atoms with Crippen molar-refractivity contribution in [1.82, 2.24) is 9.97 Å². The number of anilines is 3. The first-order chi connectivity index (χ1) is 15.4. The number of rotatable bonds is 6. The average molecular weight is 481 g/mol. The summed E-state index contributed by atoms with van der Waals surface area (Å²) in [7, 11) is -3.95. The van der Waals surface area contributed by atoms with Crippen molar-refractivity contribution in [2.24, 2.45) is 0 Å². The fourth-order valence-electron chi connectivity index (χ4n) is 2.70. The third-order valence-corrected chi connectivity index (χ3v) is 5.32. The highest BCUT2D eigenvalue weighted by Gasteiger charge is 2.31. The zero-order chi connectivity index (χ0) is 24.2. The highest BCUT2D eigenvalue weighted by Crippen LogP contribution is 2.24. The van der Waals surface area contributed by atoms with Gasteiger partial charge in [0.2, 0.25) is 5.95 Å². The third kappa shape index (κ3) is 7.07. The number of hydrogen-bond acceptors (Lipinski definition) is 6. The summed E-state index contributed by atoms with van der Waals surface area (Å²) < 4.78 is 67.7. The number of carbonyl (C=O) groups excluding carboxylic acids is 1. The van der Waals surface area contributed by atoms with E-state index in [1.165, 1.54) is 36.4 Å². The summed E-state index contributed by atoms with van der Waals surface area (Å²) in [6.07, 6.45) is -4.81. The van der Waals surface area contributed by atoms with E-state index in [2.05, 4.69) is 30.1 Å². The fourth-order valence-corrected chi connectivity index (χ4v) is 3.65. The van der Waals surface area contributed by atoms with E-state index in [0.717, 1.165) is 12.1 Å². The molecule has 13 heteroatoms. The van der Waals surface area contributed by atoms with Crippen LogP contribution >= 0.6 is 0 Å². The van der Waals surface area contributed by atoms with Crippen LogP contribution in [0.1, 0.15) is 11.4 Å². The second-order valence-electron chi connectivity index (χ2n) is 6.76. The van der Waals surface area contributed by atoms with Crippen LogP contribution in [-0.2, 0) is 10.0 Å². The van der Waals surface area contributed by atoms with Gasteiger partial charge in [-0.2, -0.15) is 0 Å². The molecule has 0 saturated carbocycles. The quantitative estimate of drug-likeness (QED) is 0.479. The first-order valence-electron chi connectivity index (χ1n) is 9.29. The summed E-state index contributed by atoms with van der Waals surface area (Å²) in [5.41, 5.74) is 1.71. The molecule has 2 amide bonds. The number of aromatic nitrogens is 2. The number of halogens is 3. The Morgan fingerprint density at radius 3 is 1.85 bits per heavy atom. The van der Waals surface area contributed by atoms with Crippen molar-refractivity contribution in [1.29, 1.82) is 0 Å². The van der Waals surface area contributed by atoms with Crippen LogP contribution in [0.2, 0.25) is 0 Å². The van der Waals surface area contributed by atoms with Gasteiger partial charge in [0.15, 0.2) is 0 Å². The number of carbonyl (C=O) groups is 1. The van der Waals surface area contributed by atoms with Gasteiger partial charge in [-0.15, -0.1) is 13.2 Å². The van der Waals surface area contributed by atoms with E-state index in [4.69, 9.17) is 0 Å². The number of sulfonamides is 1. The Bertz CT molecular complexity index is 1230. The van der Waals surface area contributed by atoms with E-state index < -0.39 is 28.2 Å². The maximum atomic E-state index is 12.5. The summed E-state index contributed by atoms with van der Waals surface area (Å²) in [6, 6.07) is 10.9. The van der Waals surface area contributed by atoms with Crippen molar-refractivity contribution >= 4 is 33.4 Å². The van der Waals surface area contributed by atoms with Crippen LogP contribution in [0.5, 0.6) is 5.75 Å². The summed E-state index contributed by atoms with van der Waals surface area (Å²) in [6.45, 7) is 3.42. The van der Waals surface area contributed by atoms with Crippen LogP contribution in [-0.4, -0.2) is 30.8 Å². The van der Waals surface area contributed by atoms with Crippen LogP contribution in [0.25, 0.3) is 0 Å². The fraction of sp³-hybridized carbons (Fsp3) is 0.150. The minimum absolute atomic E-state index is 0.0549. The zero-order valence-corrected chi connectivity index (χ0v) is 18.1. The first-order valence-corrected chi connectivity index (χ1v) is 10.8. The van der Waals surface area contributed by atoms with Crippen molar-refractivity contribution in [2.75, 3.05) is 15.4 Å². The molecule has 0 aliphatic heterocycles. The van der Waals surface area contributed by atoms with Crippen LogP contribution in [0.3, 0.4) is 0 Å². The molecule has 0 unspecified atom stereocenters. The first kappa shape index (κ1) is 23.8. The molecular formula is C20H18F3N5O4S. The number of aryl methyl sites for hydroxylation is 2. The highest BCUT2D eigenvalue weighted by atomic mass is 32.2. The van der Waals surface area contributed by atoms with E-state index >= 15 is 0 Å². The van der Waals surface area contributed by atoms with Gasteiger partial charge in [0.05, 0.1) is 4.90 Å². The average Bonchev–Trinajstić information content (AvgIpc) is 2.67.